The predicted molar refractivity (Wildman–Crippen MR) is 103 cm³/mol. The third-order valence-electron chi connectivity index (χ3n) is 6.40. The van der Waals surface area contributed by atoms with Crippen LogP contribution in [0.3, 0.4) is 0 Å². The molecule has 1 aliphatic heterocycles. The highest BCUT2D eigenvalue weighted by molar-refractivity contribution is 5.80. The maximum atomic E-state index is 10.0. The fourth-order valence-corrected chi connectivity index (χ4v) is 4.92. The number of fused-ring (bicyclic) bond motifs is 1. The first kappa shape index (κ1) is 17.7. The van der Waals surface area contributed by atoms with Crippen molar-refractivity contribution in [1.82, 2.24) is 10.6 Å². The normalized spacial score (nSPS) is 30.1. The summed E-state index contributed by atoms with van der Waals surface area (Å²) in [6.45, 7) is 0.775. The van der Waals surface area contributed by atoms with Crippen molar-refractivity contribution < 1.29 is 9.84 Å². The molecule has 5 heteroatoms. The van der Waals surface area contributed by atoms with Gasteiger partial charge < -0.3 is 20.5 Å². The lowest BCUT2D eigenvalue weighted by atomic mass is 9.86. The van der Waals surface area contributed by atoms with Gasteiger partial charge in [-0.3, -0.25) is 4.99 Å². The lowest BCUT2D eigenvalue weighted by Crippen LogP contribution is -2.47. The third kappa shape index (κ3) is 3.54. The average Bonchev–Trinajstić information content (AvgIpc) is 3.27. The van der Waals surface area contributed by atoms with Gasteiger partial charge in [-0.25, -0.2) is 0 Å². The Morgan fingerprint density at radius 3 is 2.77 bits per heavy atom. The van der Waals surface area contributed by atoms with Crippen molar-refractivity contribution >= 4 is 5.96 Å². The number of para-hydroxylation sites is 1. The number of aliphatic imine (C=N–C) groups is 1. The molecule has 1 heterocycles. The summed E-state index contributed by atoms with van der Waals surface area (Å²) >= 11 is 0. The van der Waals surface area contributed by atoms with E-state index in [2.05, 4.69) is 39.9 Å². The highest BCUT2D eigenvalue weighted by Gasteiger charge is 2.43. The number of hydrogen-bond donors (Lipinski definition) is 3. The van der Waals surface area contributed by atoms with Crippen LogP contribution in [-0.2, 0) is 0 Å². The summed E-state index contributed by atoms with van der Waals surface area (Å²) in [4.78, 5) is 4.43. The lowest BCUT2D eigenvalue weighted by molar-refractivity contribution is 0.0395. The van der Waals surface area contributed by atoms with E-state index in [0.29, 0.717) is 5.92 Å². The van der Waals surface area contributed by atoms with Crippen LogP contribution in [0.2, 0.25) is 0 Å². The summed E-state index contributed by atoms with van der Waals surface area (Å²) in [6.07, 6.45) is 8.73. The zero-order valence-corrected chi connectivity index (χ0v) is 15.7. The van der Waals surface area contributed by atoms with Gasteiger partial charge in [-0.15, -0.1) is 0 Å². The smallest absolute Gasteiger partial charge is 0.191 e. The number of ether oxygens (including phenoxy) is 1. The summed E-state index contributed by atoms with van der Waals surface area (Å²) in [7, 11) is 1.82. The molecule has 1 aromatic rings. The summed E-state index contributed by atoms with van der Waals surface area (Å²) in [5, 5.41) is 17.1. The number of aliphatic hydroxyl groups is 1. The molecule has 1 spiro atoms. The van der Waals surface area contributed by atoms with Gasteiger partial charge >= 0.3 is 0 Å². The standard InChI is InChI=1S/C21H31N3O2/c1-22-20(23-14-15-7-6-9-18(15)25)24-17-13-21(11-4-5-12-21)26-19-10-3-2-8-16(17)19/h2-3,8,10,15,17-18,25H,4-7,9,11-14H2,1H3,(H2,22,23,24). The van der Waals surface area contributed by atoms with Crippen LogP contribution in [0.1, 0.15) is 63.0 Å². The van der Waals surface area contributed by atoms with Crippen molar-refractivity contribution in [3.63, 3.8) is 0 Å². The molecule has 0 amide bonds. The molecule has 0 aromatic heterocycles. The van der Waals surface area contributed by atoms with Crippen molar-refractivity contribution in [1.29, 1.82) is 0 Å². The van der Waals surface area contributed by atoms with Gasteiger partial charge in [0.2, 0.25) is 0 Å². The van der Waals surface area contributed by atoms with Gasteiger partial charge in [0.15, 0.2) is 5.96 Å². The van der Waals surface area contributed by atoms with Crippen LogP contribution in [0.5, 0.6) is 5.75 Å². The van der Waals surface area contributed by atoms with E-state index in [0.717, 1.165) is 56.8 Å². The quantitative estimate of drug-likeness (QED) is 0.574. The van der Waals surface area contributed by atoms with Gasteiger partial charge in [-0.1, -0.05) is 24.6 Å². The number of hydrogen-bond acceptors (Lipinski definition) is 3. The highest BCUT2D eigenvalue weighted by Crippen LogP contribution is 2.46. The molecule has 3 atom stereocenters. The van der Waals surface area contributed by atoms with Crippen LogP contribution >= 0.6 is 0 Å². The van der Waals surface area contributed by atoms with Gasteiger partial charge in [-0.2, -0.15) is 0 Å². The average molecular weight is 357 g/mol. The second-order valence-corrected chi connectivity index (χ2v) is 8.14. The predicted octanol–water partition coefficient (Wildman–Crippen LogP) is 3.15. The van der Waals surface area contributed by atoms with Gasteiger partial charge in [0, 0.05) is 31.5 Å². The van der Waals surface area contributed by atoms with Crippen LogP contribution in [0.4, 0.5) is 0 Å². The Labute approximate surface area is 156 Å². The van der Waals surface area contributed by atoms with Crippen LogP contribution in [0, 0.1) is 5.92 Å². The molecule has 3 N–H and O–H groups in total. The number of nitrogens with zero attached hydrogens (tertiary/aromatic N) is 1. The van der Waals surface area contributed by atoms with Crippen LogP contribution in [0.25, 0.3) is 0 Å². The molecule has 1 aromatic carbocycles. The van der Waals surface area contributed by atoms with Gasteiger partial charge in [0.05, 0.1) is 12.1 Å². The zero-order chi connectivity index (χ0) is 18.0. The van der Waals surface area contributed by atoms with E-state index in [4.69, 9.17) is 4.74 Å². The minimum absolute atomic E-state index is 0.0213. The second-order valence-electron chi connectivity index (χ2n) is 8.14. The van der Waals surface area contributed by atoms with Crippen molar-refractivity contribution in [2.45, 2.75) is 69.1 Å². The Kier molecular flexibility index (Phi) is 5.07. The van der Waals surface area contributed by atoms with E-state index in [-0.39, 0.29) is 17.7 Å². The van der Waals surface area contributed by atoms with Gasteiger partial charge in [0.1, 0.15) is 11.4 Å². The molecular formula is C21H31N3O2. The maximum absolute atomic E-state index is 10.0. The Balaban J connectivity index is 1.46. The van der Waals surface area contributed by atoms with Crippen LogP contribution < -0.4 is 15.4 Å². The van der Waals surface area contributed by atoms with E-state index < -0.39 is 0 Å². The first-order chi connectivity index (χ1) is 12.7. The third-order valence-corrected chi connectivity index (χ3v) is 6.40. The van der Waals surface area contributed by atoms with E-state index in [9.17, 15) is 5.11 Å². The van der Waals surface area contributed by atoms with Crippen LogP contribution in [0.15, 0.2) is 29.3 Å². The minimum atomic E-state index is -0.175. The van der Waals surface area contributed by atoms with Crippen molar-refractivity contribution in [3.8, 4) is 5.75 Å². The first-order valence-corrected chi connectivity index (χ1v) is 10.1. The number of aliphatic hydroxyl groups excluding tert-OH is 1. The van der Waals surface area contributed by atoms with Crippen LogP contribution in [-0.4, -0.2) is 36.4 Å². The second kappa shape index (κ2) is 7.47. The molecule has 2 saturated carbocycles. The summed E-state index contributed by atoms with van der Waals surface area (Å²) < 4.78 is 6.45. The van der Waals surface area contributed by atoms with Crippen molar-refractivity contribution in [2.75, 3.05) is 13.6 Å². The number of rotatable bonds is 3. The molecule has 5 nitrogen and oxygen atoms in total. The maximum Gasteiger partial charge on any atom is 0.191 e. The molecule has 0 bridgehead atoms. The first-order valence-electron chi connectivity index (χ1n) is 10.1. The summed E-state index contributed by atoms with van der Waals surface area (Å²) in [5.41, 5.74) is 1.20. The highest BCUT2D eigenvalue weighted by atomic mass is 16.5. The summed E-state index contributed by atoms with van der Waals surface area (Å²) in [6, 6.07) is 8.59. The summed E-state index contributed by atoms with van der Waals surface area (Å²) in [5.74, 6) is 2.16. The molecule has 26 heavy (non-hydrogen) atoms. The molecule has 4 rings (SSSR count). The number of guanidine groups is 1. The fourth-order valence-electron chi connectivity index (χ4n) is 4.92. The van der Waals surface area contributed by atoms with Crippen molar-refractivity contribution in [3.05, 3.63) is 29.8 Å². The Morgan fingerprint density at radius 2 is 2.04 bits per heavy atom. The molecule has 2 aliphatic carbocycles. The number of nitrogens with one attached hydrogen (secondary N) is 2. The van der Waals surface area contributed by atoms with Gasteiger partial charge in [-0.05, 0) is 44.6 Å². The Bertz CT molecular complexity index is 654. The van der Waals surface area contributed by atoms with Crippen molar-refractivity contribution in [2.24, 2.45) is 10.9 Å². The topological polar surface area (TPSA) is 65.9 Å². The van der Waals surface area contributed by atoms with E-state index in [1.165, 1.54) is 18.4 Å². The van der Waals surface area contributed by atoms with E-state index >= 15 is 0 Å². The minimum Gasteiger partial charge on any atom is -0.487 e. The molecule has 142 valence electrons. The largest absolute Gasteiger partial charge is 0.487 e. The fraction of sp³-hybridized carbons (Fsp3) is 0.667. The molecule has 2 fully saturated rings. The van der Waals surface area contributed by atoms with E-state index in [1.807, 2.05) is 7.05 Å². The molecular weight excluding hydrogens is 326 g/mol. The molecule has 0 saturated heterocycles. The molecule has 3 unspecified atom stereocenters. The Hall–Kier alpha value is -1.75. The SMILES string of the molecule is CN=C(NCC1CCCC1O)NC1CC2(CCCC2)Oc2ccccc21. The number of benzene rings is 1. The lowest BCUT2D eigenvalue weighted by Gasteiger charge is -2.40. The van der Waals surface area contributed by atoms with E-state index in [1.54, 1.807) is 0 Å². The molecule has 3 aliphatic rings. The molecule has 0 radical (unpaired) electrons. The van der Waals surface area contributed by atoms with Gasteiger partial charge in [0.25, 0.3) is 0 Å². The zero-order valence-electron chi connectivity index (χ0n) is 15.7. The monoisotopic (exact) mass is 357 g/mol. The Morgan fingerprint density at radius 1 is 1.23 bits per heavy atom.